The summed E-state index contributed by atoms with van der Waals surface area (Å²) in [7, 11) is 0. The number of hydrogen-bond donors (Lipinski definition) is 1. The summed E-state index contributed by atoms with van der Waals surface area (Å²) < 4.78 is 5.47. The van der Waals surface area contributed by atoms with Gasteiger partial charge in [-0.3, -0.25) is 19.5 Å². The summed E-state index contributed by atoms with van der Waals surface area (Å²) in [5.74, 6) is -0.0539. The van der Waals surface area contributed by atoms with Crippen LogP contribution in [-0.2, 0) is 14.3 Å². The monoisotopic (exact) mass is 367 g/mol. The quantitative estimate of drug-likeness (QED) is 0.864. The van der Waals surface area contributed by atoms with Gasteiger partial charge < -0.3 is 10.1 Å². The number of nitrogens with zero attached hydrogens (tertiary/aromatic N) is 2. The fourth-order valence-electron chi connectivity index (χ4n) is 2.58. The van der Waals surface area contributed by atoms with Crippen LogP contribution >= 0.6 is 23.4 Å². The molecule has 1 fully saturated rings. The number of thioether (sulfide) groups is 1. The Hall–Kier alpha value is -1.57. The number of carbonyl (C=O) groups is 2. The summed E-state index contributed by atoms with van der Waals surface area (Å²) in [6.45, 7) is 1.37. The third-order valence-corrected chi connectivity index (χ3v) is 5.06. The zero-order chi connectivity index (χ0) is 16.9. The average molecular weight is 368 g/mol. The van der Waals surface area contributed by atoms with Crippen molar-refractivity contribution in [3.63, 3.8) is 0 Å². The highest BCUT2D eigenvalue weighted by Gasteiger charge is 2.29. The molecule has 2 aliphatic rings. The van der Waals surface area contributed by atoms with Gasteiger partial charge in [0.2, 0.25) is 5.91 Å². The van der Waals surface area contributed by atoms with Gasteiger partial charge in [0.1, 0.15) is 6.54 Å². The maximum Gasteiger partial charge on any atom is 0.254 e. The Morgan fingerprint density at radius 2 is 2.29 bits per heavy atom. The molecule has 8 heteroatoms. The summed E-state index contributed by atoms with van der Waals surface area (Å²) in [6, 6.07) is 7.09. The van der Waals surface area contributed by atoms with Crippen LogP contribution in [0.1, 0.15) is 12.8 Å². The number of para-hydroxylation sites is 1. The predicted octanol–water partition coefficient (Wildman–Crippen LogP) is 2.07. The first-order valence-corrected chi connectivity index (χ1v) is 9.14. The van der Waals surface area contributed by atoms with Gasteiger partial charge in [-0.05, 0) is 25.0 Å². The maximum atomic E-state index is 12.1. The lowest BCUT2D eigenvalue weighted by Gasteiger charge is -2.19. The van der Waals surface area contributed by atoms with Gasteiger partial charge in [-0.15, -0.1) is 0 Å². The zero-order valence-corrected chi connectivity index (χ0v) is 14.6. The molecule has 0 aliphatic carbocycles. The molecule has 2 aliphatic heterocycles. The summed E-state index contributed by atoms with van der Waals surface area (Å²) in [5, 5.41) is 3.83. The Morgan fingerprint density at radius 3 is 3.04 bits per heavy atom. The van der Waals surface area contributed by atoms with Crippen molar-refractivity contribution in [2.75, 3.05) is 30.3 Å². The first-order valence-electron chi connectivity index (χ1n) is 7.78. The van der Waals surface area contributed by atoms with Crippen LogP contribution in [0.5, 0.6) is 0 Å². The lowest BCUT2D eigenvalue weighted by Crippen LogP contribution is -2.35. The lowest BCUT2D eigenvalue weighted by atomic mass is 10.2. The third kappa shape index (κ3) is 4.09. The van der Waals surface area contributed by atoms with E-state index in [0.717, 1.165) is 19.4 Å². The number of anilines is 1. The lowest BCUT2D eigenvalue weighted by molar-refractivity contribution is -0.119. The standard InChI is InChI=1S/C16H18ClN3O3S/c17-12-5-1-2-6-13(12)20-15(22)9-19-16(20)24-10-14(21)18-8-11-4-3-7-23-11/h1-2,5-6,11H,3-4,7-10H2,(H,18,21)/t11-/m0/s1. The second-order valence-corrected chi connectivity index (χ2v) is 6.86. The van der Waals surface area contributed by atoms with E-state index in [-0.39, 0.29) is 30.2 Å². The molecule has 1 atom stereocenters. The van der Waals surface area contributed by atoms with Crippen LogP contribution in [0.2, 0.25) is 5.02 Å². The Balaban J connectivity index is 1.55. The molecule has 3 rings (SSSR count). The Kier molecular flexibility index (Phi) is 5.76. The predicted molar refractivity (Wildman–Crippen MR) is 95.7 cm³/mol. The third-order valence-electron chi connectivity index (χ3n) is 3.77. The van der Waals surface area contributed by atoms with Crippen LogP contribution in [0.25, 0.3) is 0 Å². The van der Waals surface area contributed by atoms with Gasteiger partial charge in [-0.25, -0.2) is 0 Å². The first-order chi connectivity index (χ1) is 11.6. The van der Waals surface area contributed by atoms with Gasteiger partial charge in [0, 0.05) is 13.2 Å². The number of rotatable bonds is 5. The zero-order valence-electron chi connectivity index (χ0n) is 13.0. The van der Waals surface area contributed by atoms with E-state index >= 15 is 0 Å². The van der Waals surface area contributed by atoms with Crippen molar-refractivity contribution in [2.45, 2.75) is 18.9 Å². The maximum absolute atomic E-state index is 12.1. The molecular formula is C16H18ClN3O3S. The van der Waals surface area contributed by atoms with Gasteiger partial charge in [-0.2, -0.15) is 0 Å². The topological polar surface area (TPSA) is 71.0 Å². The number of ether oxygens (including phenoxy) is 1. The van der Waals surface area contributed by atoms with Crippen LogP contribution < -0.4 is 10.2 Å². The number of benzene rings is 1. The average Bonchev–Trinajstić information content (AvgIpc) is 3.21. The van der Waals surface area contributed by atoms with Crippen LogP contribution in [0, 0.1) is 0 Å². The van der Waals surface area contributed by atoms with E-state index < -0.39 is 0 Å². The van der Waals surface area contributed by atoms with Crippen molar-refractivity contribution in [2.24, 2.45) is 4.99 Å². The van der Waals surface area contributed by atoms with Crippen LogP contribution in [0.15, 0.2) is 29.3 Å². The molecule has 2 amide bonds. The molecule has 24 heavy (non-hydrogen) atoms. The second-order valence-electron chi connectivity index (χ2n) is 5.51. The molecule has 6 nitrogen and oxygen atoms in total. The van der Waals surface area contributed by atoms with Gasteiger partial charge >= 0.3 is 0 Å². The molecular weight excluding hydrogens is 350 g/mol. The van der Waals surface area contributed by atoms with Crippen molar-refractivity contribution in [1.29, 1.82) is 0 Å². The number of carbonyl (C=O) groups excluding carboxylic acids is 2. The Labute approximate surface area is 149 Å². The Morgan fingerprint density at radius 1 is 1.46 bits per heavy atom. The van der Waals surface area contributed by atoms with Crippen LogP contribution in [-0.4, -0.2) is 48.5 Å². The Bertz CT molecular complexity index is 662. The fourth-order valence-corrected chi connectivity index (χ4v) is 3.65. The molecule has 0 spiro atoms. The molecule has 0 aromatic heterocycles. The summed E-state index contributed by atoms with van der Waals surface area (Å²) in [5.41, 5.74) is 0.590. The highest BCUT2D eigenvalue weighted by molar-refractivity contribution is 8.14. The highest BCUT2D eigenvalue weighted by atomic mass is 35.5. The van der Waals surface area contributed by atoms with Crippen molar-refractivity contribution in [3.05, 3.63) is 29.3 Å². The smallest absolute Gasteiger partial charge is 0.254 e. The molecule has 2 heterocycles. The largest absolute Gasteiger partial charge is 0.376 e. The number of amides is 2. The van der Waals surface area contributed by atoms with Crippen LogP contribution in [0.4, 0.5) is 5.69 Å². The minimum Gasteiger partial charge on any atom is -0.376 e. The molecule has 1 N–H and O–H groups in total. The molecule has 0 unspecified atom stereocenters. The van der Waals surface area contributed by atoms with E-state index in [0.29, 0.717) is 22.4 Å². The minimum absolute atomic E-state index is 0.0745. The van der Waals surface area contributed by atoms with E-state index in [1.807, 2.05) is 6.07 Å². The number of halogens is 1. The van der Waals surface area contributed by atoms with E-state index in [1.54, 1.807) is 18.2 Å². The molecule has 1 aromatic carbocycles. The van der Waals surface area contributed by atoms with Crippen molar-refractivity contribution < 1.29 is 14.3 Å². The van der Waals surface area contributed by atoms with Crippen molar-refractivity contribution >= 4 is 46.0 Å². The van der Waals surface area contributed by atoms with Gasteiger partial charge in [0.25, 0.3) is 5.91 Å². The second kappa shape index (κ2) is 8.00. The minimum atomic E-state index is -0.148. The molecule has 1 saturated heterocycles. The molecule has 0 saturated carbocycles. The molecule has 0 radical (unpaired) electrons. The fraction of sp³-hybridized carbons (Fsp3) is 0.438. The number of aliphatic imine (C=N–C) groups is 1. The van der Waals surface area contributed by atoms with E-state index in [2.05, 4.69) is 10.3 Å². The molecule has 1 aromatic rings. The van der Waals surface area contributed by atoms with Crippen LogP contribution in [0.3, 0.4) is 0 Å². The number of nitrogens with one attached hydrogen (secondary N) is 1. The first kappa shape index (κ1) is 17.3. The van der Waals surface area contributed by atoms with E-state index in [9.17, 15) is 9.59 Å². The summed E-state index contributed by atoms with van der Waals surface area (Å²) in [4.78, 5) is 29.8. The van der Waals surface area contributed by atoms with E-state index in [4.69, 9.17) is 16.3 Å². The van der Waals surface area contributed by atoms with Gasteiger partial charge in [0.15, 0.2) is 5.17 Å². The normalized spacial score (nSPS) is 20.4. The molecule has 128 valence electrons. The summed E-state index contributed by atoms with van der Waals surface area (Å²) >= 11 is 7.40. The van der Waals surface area contributed by atoms with Gasteiger partial charge in [0.05, 0.1) is 22.6 Å². The number of hydrogen-bond acceptors (Lipinski definition) is 5. The van der Waals surface area contributed by atoms with Gasteiger partial charge in [-0.1, -0.05) is 35.5 Å². The highest BCUT2D eigenvalue weighted by Crippen LogP contribution is 2.30. The summed E-state index contributed by atoms with van der Waals surface area (Å²) in [6.07, 6.45) is 2.14. The number of amidine groups is 1. The van der Waals surface area contributed by atoms with Crippen molar-refractivity contribution in [3.8, 4) is 0 Å². The van der Waals surface area contributed by atoms with E-state index in [1.165, 1.54) is 16.7 Å². The molecule has 0 bridgehead atoms. The van der Waals surface area contributed by atoms with Crippen molar-refractivity contribution in [1.82, 2.24) is 5.32 Å². The SMILES string of the molecule is O=C(CSC1=NCC(=O)N1c1ccccc1Cl)NC[C@@H]1CCCO1.